The minimum atomic E-state index is -4.92. The van der Waals surface area contributed by atoms with Crippen LogP contribution in [0.3, 0.4) is 0 Å². The van der Waals surface area contributed by atoms with Crippen molar-refractivity contribution in [3.05, 3.63) is 28.0 Å². The molecule has 1 aromatic carbocycles. The number of hydrogen-bond acceptors (Lipinski definition) is 9. The van der Waals surface area contributed by atoms with Crippen LogP contribution >= 0.6 is 11.6 Å². The average molecular weight is 696 g/mol. The second-order valence-corrected chi connectivity index (χ2v) is 14.8. The first kappa shape index (κ1) is 30.7. The fraction of sp³-hybridized carbons (Fsp3) is 0.594. The number of piperazine rings is 1. The molecule has 5 aliphatic heterocycles. The van der Waals surface area contributed by atoms with Crippen LogP contribution in [-0.2, 0) is 6.18 Å². The van der Waals surface area contributed by atoms with Crippen LogP contribution in [0.5, 0.6) is 11.8 Å². The van der Waals surface area contributed by atoms with Crippen LogP contribution in [0.4, 0.5) is 38.0 Å². The van der Waals surface area contributed by atoms with E-state index >= 15 is 4.39 Å². The van der Waals surface area contributed by atoms with Crippen molar-refractivity contribution in [2.45, 2.75) is 81.2 Å². The molecule has 3 N–H and O–H groups in total. The van der Waals surface area contributed by atoms with Gasteiger partial charge in [-0.1, -0.05) is 18.0 Å². The predicted octanol–water partition coefficient (Wildman–Crippen LogP) is 5.74. The summed E-state index contributed by atoms with van der Waals surface area (Å²) in [7, 11) is 0. The number of benzene rings is 1. The van der Waals surface area contributed by atoms with Gasteiger partial charge in [-0.05, 0) is 44.2 Å². The molecule has 2 aromatic heterocycles. The standard InChI is InChI=1S/C32H32ClF6N7O2/c1-14-7-18(40)42-24(21(14)32(37,38)39)19-22(33)26-20-25(23(19)34)43-28(48-13-30-5-6-45(30)12-29(10-30)11-31(29,35)36)44-27(20)46-8-15-3-2-4-16(41-15)17(46)9-47-26/h7,15-17,41H,2-6,8-13H2,1H3,(H2,40,42)/t15-,16+,17-,29?,30+/m1/s1. The first-order chi connectivity index (χ1) is 22.7. The first-order valence-electron chi connectivity index (χ1n) is 16.2. The van der Waals surface area contributed by atoms with Gasteiger partial charge in [-0.15, -0.1) is 0 Å². The molecule has 48 heavy (non-hydrogen) atoms. The molecule has 5 fully saturated rings. The Hall–Kier alpha value is -3.30. The van der Waals surface area contributed by atoms with Gasteiger partial charge in [0, 0.05) is 38.1 Å². The third-order valence-electron chi connectivity index (χ3n) is 11.5. The Kier molecular flexibility index (Phi) is 6.34. The van der Waals surface area contributed by atoms with Crippen LogP contribution in [0.2, 0.25) is 5.02 Å². The van der Waals surface area contributed by atoms with Crippen LogP contribution in [0.25, 0.3) is 22.2 Å². The van der Waals surface area contributed by atoms with E-state index in [1.54, 1.807) is 0 Å². The van der Waals surface area contributed by atoms with Crippen molar-refractivity contribution in [1.29, 1.82) is 0 Å². The molecule has 2 bridgehead atoms. The number of nitrogen functional groups attached to an aromatic ring is 1. The summed E-state index contributed by atoms with van der Waals surface area (Å²) in [6, 6.07) is 0.734. The van der Waals surface area contributed by atoms with E-state index in [1.165, 1.54) is 6.92 Å². The van der Waals surface area contributed by atoms with Gasteiger partial charge in [0.25, 0.3) is 5.92 Å². The molecular weight excluding hydrogens is 664 g/mol. The van der Waals surface area contributed by atoms with Crippen LogP contribution in [0.15, 0.2) is 6.07 Å². The predicted molar refractivity (Wildman–Crippen MR) is 164 cm³/mol. The van der Waals surface area contributed by atoms with Gasteiger partial charge in [0.2, 0.25) is 0 Å². The molecule has 1 aliphatic carbocycles. The van der Waals surface area contributed by atoms with E-state index in [1.807, 2.05) is 9.80 Å². The SMILES string of the molecule is Cc1cc(N)nc(-c2c(Cl)c3c4c(nc(OC[C@@]56CCN5CC5(CC5(F)F)C6)nc4c2F)N2C[C@H]4CCC[C@H](N4)[C@H]2CO3)c1C(F)(F)F. The molecule has 1 saturated carbocycles. The lowest BCUT2D eigenvalue weighted by Gasteiger charge is -2.48. The summed E-state index contributed by atoms with van der Waals surface area (Å²) in [4.78, 5) is 17.2. The minimum Gasteiger partial charge on any atom is -0.489 e. The molecule has 5 atom stereocenters. The van der Waals surface area contributed by atoms with Crippen molar-refractivity contribution < 1.29 is 35.8 Å². The highest BCUT2D eigenvalue weighted by Gasteiger charge is 2.78. The van der Waals surface area contributed by atoms with Crippen LogP contribution in [0.1, 0.15) is 49.7 Å². The lowest BCUT2D eigenvalue weighted by molar-refractivity contribution is -0.137. The average Bonchev–Trinajstić information content (AvgIpc) is 3.52. The van der Waals surface area contributed by atoms with Gasteiger partial charge in [0.1, 0.15) is 30.4 Å². The topological polar surface area (TPSA) is 102 Å². The molecule has 1 unspecified atom stereocenters. The number of aryl methyl sites for hydroxylation is 1. The van der Waals surface area contributed by atoms with Crippen molar-refractivity contribution in [2.24, 2.45) is 5.41 Å². The Morgan fingerprint density at radius 1 is 1.19 bits per heavy atom. The van der Waals surface area contributed by atoms with E-state index in [9.17, 15) is 22.0 Å². The smallest absolute Gasteiger partial charge is 0.418 e. The fourth-order valence-electron chi connectivity index (χ4n) is 9.04. The minimum absolute atomic E-state index is 0.00558. The van der Waals surface area contributed by atoms with Gasteiger partial charge in [-0.3, -0.25) is 4.90 Å². The number of nitrogens with zero attached hydrogens (tertiary/aromatic N) is 5. The Bertz CT molecular complexity index is 1900. The molecule has 9 nitrogen and oxygen atoms in total. The van der Waals surface area contributed by atoms with E-state index in [2.05, 4.69) is 15.3 Å². The Balaban J connectivity index is 1.21. The molecule has 1 spiro atoms. The zero-order chi connectivity index (χ0) is 33.5. The zero-order valence-corrected chi connectivity index (χ0v) is 26.6. The number of piperidine rings is 1. The molecule has 256 valence electrons. The molecule has 4 saturated heterocycles. The molecule has 0 radical (unpaired) electrons. The van der Waals surface area contributed by atoms with E-state index in [4.69, 9.17) is 31.8 Å². The normalized spacial score (nSPS) is 31.6. The van der Waals surface area contributed by atoms with Crippen LogP contribution in [0, 0.1) is 18.2 Å². The summed E-state index contributed by atoms with van der Waals surface area (Å²) in [5.74, 6) is -3.88. The Labute approximate surface area is 276 Å². The van der Waals surface area contributed by atoms with Gasteiger partial charge >= 0.3 is 12.2 Å². The summed E-state index contributed by atoms with van der Waals surface area (Å²) in [5.41, 5.74) is 0.997. The number of nitrogens with one attached hydrogen (secondary N) is 1. The number of hydrogen-bond donors (Lipinski definition) is 2. The van der Waals surface area contributed by atoms with Gasteiger partial charge in [-0.25, -0.2) is 18.2 Å². The maximum absolute atomic E-state index is 17.0. The highest BCUT2D eigenvalue weighted by Crippen LogP contribution is 2.70. The number of ether oxygens (including phenoxy) is 2. The third kappa shape index (κ3) is 4.28. The van der Waals surface area contributed by atoms with E-state index in [-0.39, 0.29) is 84.8 Å². The molecule has 6 aliphatic rings. The number of fused-ring (bicyclic) bond motifs is 6. The second kappa shape index (κ2) is 9.90. The van der Waals surface area contributed by atoms with Gasteiger partial charge in [0.05, 0.1) is 44.2 Å². The molecule has 16 heteroatoms. The third-order valence-corrected chi connectivity index (χ3v) is 11.9. The van der Waals surface area contributed by atoms with Crippen LogP contribution < -0.4 is 25.4 Å². The fourth-order valence-corrected chi connectivity index (χ4v) is 9.36. The molecule has 9 rings (SSSR count). The maximum atomic E-state index is 17.0. The van der Waals surface area contributed by atoms with E-state index in [0.717, 1.165) is 25.3 Å². The summed E-state index contributed by atoms with van der Waals surface area (Å²) in [5, 5.41) is 3.35. The number of halogens is 7. The number of anilines is 2. The maximum Gasteiger partial charge on any atom is 0.418 e. The van der Waals surface area contributed by atoms with Crippen molar-refractivity contribution in [3.63, 3.8) is 0 Å². The number of aromatic nitrogens is 3. The molecule has 0 amide bonds. The molecular formula is C32H32ClF6N7O2. The van der Waals surface area contributed by atoms with E-state index < -0.39 is 50.7 Å². The van der Waals surface area contributed by atoms with Crippen LogP contribution in [-0.4, -0.2) is 82.3 Å². The van der Waals surface area contributed by atoms with Crippen molar-refractivity contribution in [1.82, 2.24) is 25.2 Å². The Morgan fingerprint density at radius 3 is 2.69 bits per heavy atom. The number of alkyl halides is 5. The summed E-state index contributed by atoms with van der Waals surface area (Å²) < 4.78 is 102. The number of pyridine rings is 1. The van der Waals surface area contributed by atoms with Gasteiger partial charge in [0.15, 0.2) is 11.6 Å². The van der Waals surface area contributed by atoms with Gasteiger partial charge < -0.3 is 25.4 Å². The molecule has 7 heterocycles. The largest absolute Gasteiger partial charge is 0.489 e. The van der Waals surface area contributed by atoms with Crippen molar-refractivity contribution in [2.75, 3.05) is 43.5 Å². The number of rotatable bonds is 4. The highest BCUT2D eigenvalue weighted by molar-refractivity contribution is 6.36. The lowest BCUT2D eigenvalue weighted by atomic mass is 9.83. The van der Waals surface area contributed by atoms with Crippen molar-refractivity contribution in [3.8, 4) is 23.0 Å². The second-order valence-electron chi connectivity index (χ2n) is 14.4. The highest BCUT2D eigenvalue weighted by atomic mass is 35.5. The van der Waals surface area contributed by atoms with Gasteiger partial charge in [-0.2, -0.15) is 23.1 Å². The molecule has 3 aromatic rings. The monoisotopic (exact) mass is 695 g/mol. The summed E-state index contributed by atoms with van der Waals surface area (Å²) in [6.07, 6.45) is -1.37. The summed E-state index contributed by atoms with van der Waals surface area (Å²) >= 11 is 6.83. The van der Waals surface area contributed by atoms with E-state index in [0.29, 0.717) is 25.3 Å². The summed E-state index contributed by atoms with van der Waals surface area (Å²) in [6.45, 7) is 2.78. The zero-order valence-electron chi connectivity index (χ0n) is 25.9. The number of nitrogens with two attached hydrogens (primary N) is 1. The quantitative estimate of drug-likeness (QED) is 0.331. The van der Waals surface area contributed by atoms with Crippen molar-refractivity contribution >= 4 is 34.1 Å². The lowest BCUT2D eigenvalue weighted by Crippen LogP contribution is -2.65. The Morgan fingerprint density at radius 2 is 1.98 bits per heavy atom. The first-order valence-corrected chi connectivity index (χ1v) is 16.6.